The Bertz CT molecular complexity index is 472. The van der Waals surface area contributed by atoms with Crippen molar-refractivity contribution >= 4 is 11.4 Å². The molecule has 20 heavy (non-hydrogen) atoms. The summed E-state index contributed by atoms with van der Waals surface area (Å²) < 4.78 is 10.8. The number of nitrogens with one attached hydrogen (secondary N) is 1. The van der Waals surface area contributed by atoms with Gasteiger partial charge in [0, 0.05) is 12.6 Å². The lowest BCUT2D eigenvalue weighted by Gasteiger charge is -2.35. The average Bonchev–Trinajstić information content (AvgIpc) is 2.36. The molecule has 110 valence electrons. The molecule has 0 radical (unpaired) electrons. The van der Waals surface area contributed by atoms with Gasteiger partial charge >= 0.3 is 5.69 Å². The lowest BCUT2D eigenvalue weighted by Crippen LogP contribution is -2.40. The average molecular weight is 280 g/mol. The highest BCUT2D eigenvalue weighted by molar-refractivity contribution is 5.68. The van der Waals surface area contributed by atoms with Gasteiger partial charge in [-0.1, -0.05) is 6.07 Å². The van der Waals surface area contributed by atoms with E-state index in [0.717, 1.165) is 12.8 Å². The molecule has 0 aliphatic heterocycles. The molecular weight excluding hydrogens is 260 g/mol. The molecule has 1 aliphatic rings. The molecule has 2 rings (SSSR count). The van der Waals surface area contributed by atoms with E-state index in [2.05, 4.69) is 5.32 Å². The van der Waals surface area contributed by atoms with Crippen LogP contribution in [-0.2, 0) is 4.74 Å². The quantitative estimate of drug-likeness (QED) is 0.614. The minimum Gasteiger partial charge on any atom is -0.487 e. The molecule has 0 atom stereocenters. The molecule has 1 aliphatic carbocycles. The van der Waals surface area contributed by atoms with Gasteiger partial charge in [0.15, 0.2) is 5.75 Å². The second-order valence-electron chi connectivity index (χ2n) is 4.73. The first kappa shape index (κ1) is 14.6. The van der Waals surface area contributed by atoms with Crippen LogP contribution in [-0.4, -0.2) is 30.3 Å². The standard InChI is InChI=1S/C14H20N2O4/c1-3-19-11-8-10(9-11)15-12-6-5-7-13(20-4-2)14(12)16(17)18/h5-7,10-11,15H,3-4,8-9H2,1-2H3. The summed E-state index contributed by atoms with van der Waals surface area (Å²) in [5.41, 5.74) is 0.523. The van der Waals surface area contributed by atoms with Crippen LogP contribution in [0, 0.1) is 10.1 Å². The van der Waals surface area contributed by atoms with E-state index >= 15 is 0 Å². The van der Waals surface area contributed by atoms with Crippen LogP contribution in [0.3, 0.4) is 0 Å². The molecule has 1 aromatic carbocycles. The zero-order valence-electron chi connectivity index (χ0n) is 11.8. The Hall–Kier alpha value is -1.82. The first-order valence-electron chi connectivity index (χ1n) is 6.94. The number of benzene rings is 1. The van der Waals surface area contributed by atoms with Gasteiger partial charge in [-0.3, -0.25) is 10.1 Å². The Morgan fingerprint density at radius 1 is 1.35 bits per heavy atom. The van der Waals surface area contributed by atoms with Gasteiger partial charge in [-0.25, -0.2) is 0 Å². The Kier molecular flexibility index (Phi) is 4.79. The molecule has 1 N–H and O–H groups in total. The number of nitrogens with zero attached hydrogens (tertiary/aromatic N) is 1. The van der Waals surface area contributed by atoms with Crippen LogP contribution in [0.2, 0.25) is 0 Å². The van der Waals surface area contributed by atoms with Crippen molar-refractivity contribution in [3.8, 4) is 5.75 Å². The van der Waals surface area contributed by atoms with E-state index in [1.165, 1.54) is 0 Å². The maximum absolute atomic E-state index is 11.2. The van der Waals surface area contributed by atoms with Crippen molar-refractivity contribution < 1.29 is 14.4 Å². The van der Waals surface area contributed by atoms with Gasteiger partial charge in [0.25, 0.3) is 0 Å². The van der Waals surface area contributed by atoms with E-state index in [9.17, 15) is 10.1 Å². The van der Waals surface area contributed by atoms with Crippen LogP contribution >= 0.6 is 0 Å². The molecule has 0 aromatic heterocycles. The third-order valence-electron chi connectivity index (χ3n) is 3.34. The van der Waals surface area contributed by atoms with E-state index in [-0.39, 0.29) is 17.8 Å². The van der Waals surface area contributed by atoms with E-state index in [1.807, 2.05) is 13.8 Å². The first-order valence-corrected chi connectivity index (χ1v) is 6.94. The Labute approximate surface area is 118 Å². The largest absolute Gasteiger partial charge is 0.487 e. The van der Waals surface area contributed by atoms with E-state index in [4.69, 9.17) is 9.47 Å². The summed E-state index contributed by atoms with van der Waals surface area (Å²) in [6.45, 7) is 4.89. The highest BCUT2D eigenvalue weighted by Gasteiger charge is 2.31. The molecule has 0 heterocycles. The van der Waals surface area contributed by atoms with Crippen molar-refractivity contribution in [1.29, 1.82) is 0 Å². The van der Waals surface area contributed by atoms with Crippen molar-refractivity contribution in [2.75, 3.05) is 18.5 Å². The normalized spacial score (nSPS) is 21.1. The fourth-order valence-corrected chi connectivity index (χ4v) is 2.37. The molecule has 1 fully saturated rings. The highest BCUT2D eigenvalue weighted by atomic mass is 16.6. The monoisotopic (exact) mass is 280 g/mol. The Morgan fingerprint density at radius 2 is 2.10 bits per heavy atom. The van der Waals surface area contributed by atoms with Gasteiger partial charge in [-0.2, -0.15) is 0 Å². The minimum absolute atomic E-state index is 0.00853. The van der Waals surface area contributed by atoms with Crippen LogP contribution in [0.25, 0.3) is 0 Å². The van der Waals surface area contributed by atoms with Crippen LogP contribution in [0.5, 0.6) is 5.75 Å². The summed E-state index contributed by atoms with van der Waals surface area (Å²) in [4.78, 5) is 10.8. The third-order valence-corrected chi connectivity index (χ3v) is 3.34. The zero-order chi connectivity index (χ0) is 14.5. The topological polar surface area (TPSA) is 73.6 Å². The highest BCUT2D eigenvalue weighted by Crippen LogP contribution is 2.37. The molecule has 6 heteroatoms. The lowest BCUT2D eigenvalue weighted by atomic mass is 9.89. The molecule has 1 aromatic rings. The number of hydrogen-bond acceptors (Lipinski definition) is 5. The summed E-state index contributed by atoms with van der Waals surface area (Å²) in [6, 6.07) is 5.33. The van der Waals surface area contributed by atoms with Crippen molar-refractivity contribution in [1.82, 2.24) is 0 Å². The summed E-state index contributed by atoms with van der Waals surface area (Å²) in [5.74, 6) is 0.309. The molecule has 1 saturated carbocycles. The number of para-hydroxylation sites is 1. The molecule has 0 amide bonds. The summed E-state index contributed by atoms with van der Waals surface area (Å²) in [7, 11) is 0. The second kappa shape index (κ2) is 6.56. The summed E-state index contributed by atoms with van der Waals surface area (Å²) in [6.07, 6.45) is 2.03. The van der Waals surface area contributed by atoms with Gasteiger partial charge in [0.1, 0.15) is 5.69 Å². The number of hydrogen-bond donors (Lipinski definition) is 1. The smallest absolute Gasteiger partial charge is 0.333 e. The van der Waals surface area contributed by atoms with Crippen molar-refractivity contribution in [3.05, 3.63) is 28.3 Å². The molecular formula is C14H20N2O4. The fourth-order valence-electron chi connectivity index (χ4n) is 2.37. The number of anilines is 1. The minimum atomic E-state index is -0.397. The molecule has 0 unspecified atom stereocenters. The van der Waals surface area contributed by atoms with Gasteiger partial charge in [-0.05, 0) is 38.8 Å². The van der Waals surface area contributed by atoms with Crippen LogP contribution in [0.1, 0.15) is 26.7 Å². The SMILES string of the molecule is CCOc1cccc(NC2CC(OCC)C2)c1[N+](=O)[O-]. The van der Waals surface area contributed by atoms with E-state index in [0.29, 0.717) is 24.7 Å². The van der Waals surface area contributed by atoms with Crippen molar-refractivity contribution in [2.24, 2.45) is 0 Å². The first-order chi connectivity index (χ1) is 9.65. The molecule has 6 nitrogen and oxygen atoms in total. The van der Waals surface area contributed by atoms with E-state index in [1.54, 1.807) is 18.2 Å². The lowest BCUT2D eigenvalue weighted by molar-refractivity contribution is -0.385. The number of nitro benzene ring substituents is 1. The zero-order valence-corrected chi connectivity index (χ0v) is 11.8. The maximum atomic E-state index is 11.2. The van der Waals surface area contributed by atoms with Gasteiger partial charge in [0.2, 0.25) is 0 Å². The molecule has 0 spiro atoms. The summed E-state index contributed by atoms with van der Waals surface area (Å²) >= 11 is 0. The molecule has 0 saturated heterocycles. The van der Waals surface area contributed by atoms with Gasteiger partial charge in [0.05, 0.1) is 17.6 Å². The van der Waals surface area contributed by atoms with Crippen LogP contribution in [0.4, 0.5) is 11.4 Å². The second-order valence-corrected chi connectivity index (χ2v) is 4.73. The predicted molar refractivity (Wildman–Crippen MR) is 76.3 cm³/mol. The fraction of sp³-hybridized carbons (Fsp3) is 0.571. The third kappa shape index (κ3) is 3.19. The van der Waals surface area contributed by atoms with Gasteiger partial charge < -0.3 is 14.8 Å². The Morgan fingerprint density at radius 3 is 2.70 bits per heavy atom. The maximum Gasteiger partial charge on any atom is 0.333 e. The Balaban J connectivity index is 2.08. The predicted octanol–water partition coefficient (Wildman–Crippen LogP) is 2.97. The summed E-state index contributed by atoms with van der Waals surface area (Å²) in [5, 5.41) is 14.4. The number of ether oxygens (including phenoxy) is 2. The molecule has 0 bridgehead atoms. The van der Waals surface area contributed by atoms with Crippen LogP contribution in [0.15, 0.2) is 18.2 Å². The van der Waals surface area contributed by atoms with Gasteiger partial charge in [-0.15, -0.1) is 0 Å². The number of rotatable bonds is 7. The van der Waals surface area contributed by atoms with Crippen molar-refractivity contribution in [2.45, 2.75) is 38.8 Å². The number of nitro groups is 1. The van der Waals surface area contributed by atoms with E-state index < -0.39 is 4.92 Å². The van der Waals surface area contributed by atoms with Crippen molar-refractivity contribution in [3.63, 3.8) is 0 Å². The van der Waals surface area contributed by atoms with Crippen LogP contribution < -0.4 is 10.1 Å².